The maximum atomic E-state index is 12.3. The van der Waals surface area contributed by atoms with Gasteiger partial charge >= 0.3 is 0 Å². The number of carbonyl (C=O) groups excluding carboxylic acids is 1. The summed E-state index contributed by atoms with van der Waals surface area (Å²) in [6.45, 7) is 0.656. The Balaban J connectivity index is 1.94. The van der Waals surface area contributed by atoms with Crippen molar-refractivity contribution in [1.82, 2.24) is 9.88 Å². The molecule has 4 heteroatoms. The van der Waals surface area contributed by atoms with Crippen molar-refractivity contribution in [2.24, 2.45) is 0 Å². The molecular weight excluding hydrogens is 250 g/mol. The van der Waals surface area contributed by atoms with Gasteiger partial charge in [0.1, 0.15) is 0 Å². The zero-order chi connectivity index (χ0) is 14.4. The minimum atomic E-state index is 0.0311. The van der Waals surface area contributed by atoms with Crippen molar-refractivity contribution in [2.75, 3.05) is 26.0 Å². The van der Waals surface area contributed by atoms with Gasteiger partial charge in [-0.15, -0.1) is 0 Å². The Hall–Kier alpha value is -2.36. The van der Waals surface area contributed by atoms with Gasteiger partial charge in [0, 0.05) is 50.2 Å². The molecule has 0 aliphatic rings. The second-order valence-corrected chi connectivity index (χ2v) is 4.63. The highest BCUT2D eigenvalue weighted by atomic mass is 16.2. The highest BCUT2D eigenvalue weighted by Gasteiger charge is 2.11. The average Bonchev–Trinajstić information content (AvgIpc) is 2.53. The molecule has 0 aliphatic carbocycles. The summed E-state index contributed by atoms with van der Waals surface area (Å²) in [7, 11) is 3.67. The quantitative estimate of drug-likeness (QED) is 0.906. The van der Waals surface area contributed by atoms with Crippen molar-refractivity contribution in [3.63, 3.8) is 0 Å². The van der Waals surface area contributed by atoms with Gasteiger partial charge in [0.05, 0.1) is 0 Å². The van der Waals surface area contributed by atoms with Crippen molar-refractivity contribution in [3.8, 4) is 0 Å². The Morgan fingerprint density at radius 1 is 1.20 bits per heavy atom. The summed E-state index contributed by atoms with van der Waals surface area (Å²) in [5.41, 5.74) is 2.70. The maximum absolute atomic E-state index is 12.3. The van der Waals surface area contributed by atoms with Crippen molar-refractivity contribution in [2.45, 2.75) is 6.42 Å². The van der Waals surface area contributed by atoms with Gasteiger partial charge in [-0.25, -0.2) is 0 Å². The number of hydrogen-bond acceptors (Lipinski definition) is 3. The van der Waals surface area contributed by atoms with Crippen LogP contribution in [0.1, 0.15) is 16.1 Å². The number of nitrogens with zero attached hydrogens (tertiary/aromatic N) is 2. The summed E-state index contributed by atoms with van der Waals surface area (Å²) in [6, 6.07) is 13.3. The van der Waals surface area contributed by atoms with E-state index in [-0.39, 0.29) is 5.91 Å². The van der Waals surface area contributed by atoms with Crippen LogP contribution in [0.25, 0.3) is 0 Å². The summed E-state index contributed by atoms with van der Waals surface area (Å²) >= 11 is 0. The fraction of sp³-hybridized carbons (Fsp3) is 0.250. The third-order valence-corrected chi connectivity index (χ3v) is 3.20. The Morgan fingerprint density at radius 2 is 1.95 bits per heavy atom. The smallest absolute Gasteiger partial charge is 0.253 e. The van der Waals surface area contributed by atoms with Crippen LogP contribution in [0.5, 0.6) is 0 Å². The molecule has 1 N–H and O–H groups in total. The van der Waals surface area contributed by atoms with E-state index in [2.05, 4.69) is 10.3 Å². The van der Waals surface area contributed by atoms with E-state index in [9.17, 15) is 4.79 Å². The van der Waals surface area contributed by atoms with Gasteiger partial charge in [-0.1, -0.05) is 6.07 Å². The molecule has 104 valence electrons. The zero-order valence-electron chi connectivity index (χ0n) is 11.8. The fourth-order valence-electron chi connectivity index (χ4n) is 1.93. The summed E-state index contributed by atoms with van der Waals surface area (Å²) in [5.74, 6) is 0.0311. The van der Waals surface area contributed by atoms with E-state index in [4.69, 9.17) is 0 Å². The number of anilines is 1. The molecule has 1 aromatic heterocycles. The third-order valence-electron chi connectivity index (χ3n) is 3.20. The molecule has 0 fully saturated rings. The monoisotopic (exact) mass is 269 g/mol. The molecule has 1 heterocycles. The third kappa shape index (κ3) is 3.57. The van der Waals surface area contributed by atoms with Crippen LogP contribution in [0.15, 0.2) is 48.7 Å². The molecule has 0 radical (unpaired) electrons. The molecule has 1 aromatic carbocycles. The molecule has 0 atom stereocenters. The molecular formula is C16H19N3O. The van der Waals surface area contributed by atoms with Crippen LogP contribution in [0, 0.1) is 0 Å². The number of likely N-dealkylation sites (N-methyl/N-ethyl adjacent to an activating group) is 1. The van der Waals surface area contributed by atoms with Crippen LogP contribution in [-0.2, 0) is 6.42 Å². The predicted octanol–water partition coefficient (Wildman–Crippen LogP) is 2.44. The summed E-state index contributed by atoms with van der Waals surface area (Å²) in [4.78, 5) is 18.2. The minimum Gasteiger partial charge on any atom is -0.388 e. The molecule has 0 aliphatic heterocycles. The first-order chi connectivity index (χ1) is 9.70. The molecule has 0 bridgehead atoms. The molecule has 0 spiro atoms. The van der Waals surface area contributed by atoms with Crippen molar-refractivity contribution in [3.05, 3.63) is 59.9 Å². The molecule has 4 nitrogen and oxygen atoms in total. The zero-order valence-corrected chi connectivity index (χ0v) is 11.8. The minimum absolute atomic E-state index is 0.0311. The molecule has 20 heavy (non-hydrogen) atoms. The van der Waals surface area contributed by atoms with Gasteiger partial charge in [0.15, 0.2) is 0 Å². The van der Waals surface area contributed by atoms with Gasteiger partial charge in [0.25, 0.3) is 5.91 Å². The van der Waals surface area contributed by atoms with E-state index >= 15 is 0 Å². The Bertz CT molecular complexity index is 552. The lowest BCUT2D eigenvalue weighted by atomic mass is 10.1. The molecule has 0 unspecified atom stereocenters. The van der Waals surface area contributed by atoms with Gasteiger partial charge in [-0.2, -0.15) is 0 Å². The summed E-state index contributed by atoms with van der Waals surface area (Å²) in [6.07, 6.45) is 2.53. The average molecular weight is 269 g/mol. The Morgan fingerprint density at radius 3 is 2.55 bits per heavy atom. The normalized spacial score (nSPS) is 10.1. The van der Waals surface area contributed by atoms with Gasteiger partial charge < -0.3 is 10.2 Å². The lowest BCUT2D eigenvalue weighted by molar-refractivity contribution is 0.0796. The van der Waals surface area contributed by atoms with E-state index in [1.165, 1.54) is 0 Å². The van der Waals surface area contributed by atoms with Crippen molar-refractivity contribution in [1.29, 1.82) is 0 Å². The van der Waals surface area contributed by atoms with Crippen LogP contribution in [0.4, 0.5) is 5.69 Å². The van der Waals surface area contributed by atoms with Crippen LogP contribution < -0.4 is 5.32 Å². The number of aromatic nitrogens is 1. The van der Waals surface area contributed by atoms with Gasteiger partial charge in [-0.05, 0) is 36.4 Å². The van der Waals surface area contributed by atoms with Crippen LogP contribution in [0.3, 0.4) is 0 Å². The number of carbonyl (C=O) groups is 1. The fourth-order valence-corrected chi connectivity index (χ4v) is 1.93. The SMILES string of the molecule is CNc1ccc(C(=O)N(C)CCc2ccccn2)cc1. The number of nitrogens with one attached hydrogen (secondary N) is 1. The van der Waals surface area contributed by atoms with Crippen LogP contribution in [-0.4, -0.2) is 36.4 Å². The number of benzene rings is 1. The maximum Gasteiger partial charge on any atom is 0.253 e. The second-order valence-electron chi connectivity index (χ2n) is 4.63. The molecule has 2 rings (SSSR count). The lowest BCUT2D eigenvalue weighted by Gasteiger charge is -2.17. The van der Waals surface area contributed by atoms with E-state index < -0.39 is 0 Å². The van der Waals surface area contributed by atoms with Gasteiger partial charge in [-0.3, -0.25) is 9.78 Å². The highest BCUT2D eigenvalue weighted by molar-refractivity contribution is 5.94. The summed E-state index contributed by atoms with van der Waals surface area (Å²) < 4.78 is 0. The van der Waals surface area contributed by atoms with Crippen LogP contribution in [0.2, 0.25) is 0 Å². The standard InChI is InChI=1S/C16H19N3O/c1-17-14-8-6-13(7-9-14)16(20)19(2)12-10-15-5-3-4-11-18-15/h3-9,11,17H,10,12H2,1-2H3. The lowest BCUT2D eigenvalue weighted by Crippen LogP contribution is -2.28. The van der Waals surface area contributed by atoms with Gasteiger partial charge in [0.2, 0.25) is 0 Å². The number of rotatable bonds is 5. The van der Waals surface area contributed by atoms with E-state index in [0.717, 1.165) is 17.8 Å². The van der Waals surface area contributed by atoms with E-state index in [1.807, 2.05) is 56.6 Å². The number of pyridine rings is 1. The Kier molecular flexibility index (Phi) is 4.71. The van der Waals surface area contributed by atoms with Crippen molar-refractivity contribution < 1.29 is 4.79 Å². The second kappa shape index (κ2) is 6.70. The molecule has 1 amide bonds. The van der Waals surface area contributed by atoms with Crippen molar-refractivity contribution >= 4 is 11.6 Å². The molecule has 2 aromatic rings. The van der Waals surface area contributed by atoms with Crippen LogP contribution >= 0.6 is 0 Å². The molecule has 0 saturated carbocycles. The first-order valence-corrected chi connectivity index (χ1v) is 6.64. The number of hydrogen-bond donors (Lipinski definition) is 1. The largest absolute Gasteiger partial charge is 0.388 e. The Labute approximate surface area is 119 Å². The summed E-state index contributed by atoms with van der Waals surface area (Å²) in [5, 5.41) is 3.04. The first-order valence-electron chi connectivity index (χ1n) is 6.64. The topological polar surface area (TPSA) is 45.2 Å². The molecule has 0 saturated heterocycles. The van der Waals surface area contributed by atoms with E-state index in [0.29, 0.717) is 12.1 Å². The van der Waals surface area contributed by atoms with E-state index in [1.54, 1.807) is 11.1 Å². The highest BCUT2D eigenvalue weighted by Crippen LogP contribution is 2.10. The first kappa shape index (κ1) is 14.1. The predicted molar refractivity (Wildman–Crippen MR) is 80.9 cm³/mol. The number of amides is 1.